The molecule has 1 saturated carbocycles. The molecule has 1 aromatic carbocycles. The summed E-state index contributed by atoms with van der Waals surface area (Å²) < 4.78 is 10.8. The van der Waals surface area contributed by atoms with Gasteiger partial charge in [0, 0.05) is 54.3 Å². The van der Waals surface area contributed by atoms with Crippen molar-refractivity contribution >= 4 is 16.8 Å². The Morgan fingerprint density at radius 1 is 1.12 bits per heavy atom. The lowest BCUT2D eigenvalue weighted by Crippen LogP contribution is -2.35. The molecule has 174 valence electrons. The van der Waals surface area contributed by atoms with E-state index < -0.39 is 0 Å². The number of aromatic nitrogens is 3. The summed E-state index contributed by atoms with van der Waals surface area (Å²) in [6, 6.07) is 13.5. The number of benzene rings is 1. The first-order valence-corrected chi connectivity index (χ1v) is 11.6. The van der Waals surface area contributed by atoms with E-state index in [0.29, 0.717) is 24.0 Å². The van der Waals surface area contributed by atoms with Crippen molar-refractivity contribution in [1.82, 2.24) is 19.9 Å². The fourth-order valence-corrected chi connectivity index (χ4v) is 4.33. The van der Waals surface area contributed by atoms with Crippen LogP contribution >= 0.6 is 0 Å². The summed E-state index contributed by atoms with van der Waals surface area (Å²) in [6.45, 7) is 1.33. The van der Waals surface area contributed by atoms with Crippen LogP contribution in [0.2, 0.25) is 0 Å². The second-order valence-corrected chi connectivity index (χ2v) is 8.63. The second kappa shape index (κ2) is 9.55. The normalized spacial score (nSPS) is 13.1. The van der Waals surface area contributed by atoms with Gasteiger partial charge in [0.1, 0.15) is 11.4 Å². The number of ether oxygens (including phenoxy) is 2. The topological polar surface area (TPSA) is 80.3 Å². The van der Waals surface area contributed by atoms with Crippen LogP contribution in [0.15, 0.2) is 61.1 Å². The van der Waals surface area contributed by atoms with Crippen LogP contribution in [-0.4, -0.2) is 53.1 Å². The summed E-state index contributed by atoms with van der Waals surface area (Å²) in [4.78, 5) is 27.9. The third-order valence-corrected chi connectivity index (χ3v) is 6.35. The van der Waals surface area contributed by atoms with Crippen molar-refractivity contribution < 1.29 is 14.3 Å². The first kappa shape index (κ1) is 21.9. The van der Waals surface area contributed by atoms with Crippen LogP contribution in [0, 0.1) is 5.92 Å². The standard InChI is InChI=1S/C27H28N4O3/c1-33-23-7-3-6-21-20(16-29-25(21)23)12-14-31(17-18-8-9-18)27(32)26-22(10-11-24(30-26)34-2)19-5-4-13-28-15-19/h3-7,10-11,13,15-16,18,29H,8-9,12,14,17H2,1-2H3. The number of fused-ring (bicyclic) bond motifs is 1. The first-order valence-electron chi connectivity index (χ1n) is 11.6. The summed E-state index contributed by atoms with van der Waals surface area (Å²) in [6.07, 6.45) is 8.54. The number of carbonyl (C=O) groups is 1. The lowest BCUT2D eigenvalue weighted by Gasteiger charge is -2.23. The molecule has 0 bridgehead atoms. The highest BCUT2D eigenvalue weighted by molar-refractivity contribution is 5.99. The summed E-state index contributed by atoms with van der Waals surface area (Å²) in [7, 11) is 3.24. The lowest BCUT2D eigenvalue weighted by atomic mass is 10.0. The third kappa shape index (κ3) is 4.46. The third-order valence-electron chi connectivity index (χ3n) is 6.35. The number of hydrogen-bond donors (Lipinski definition) is 1. The number of rotatable bonds is 9. The van der Waals surface area contributed by atoms with E-state index >= 15 is 0 Å². The van der Waals surface area contributed by atoms with E-state index in [1.165, 1.54) is 0 Å². The van der Waals surface area contributed by atoms with Gasteiger partial charge in [0.05, 0.1) is 19.7 Å². The average molecular weight is 457 g/mol. The Kier molecular flexibility index (Phi) is 6.16. The van der Waals surface area contributed by atoms with Gasteiger partial charge in [0.2, 0.25) is 5.88 Å². The van der Waals surface area contributed by atoms with E-state index in [2.05, 4.69) is 21.0 Å². The quantitative estimate of drug-likeness (QED) is 0.394. The molecule has 0 aliphatic heterocycles. The average Bonchev–Trinajstić information content (AvgIpc) is 3.62. The first-order chi connectivity index (χ1) is 16.7. The van der Waals surface area contributed by atoms with Gasteiger partial charge in [-0.05, 0) is 48.9 Å². The zero-order chi connectivity index (χ0) is 23.5. The molecular formula is C27H28N4O3. The van der Waals surface area contributed by atoms with Crippen molar-refractivity contribution in [3.8, 4) is 22.8 Å². The highest BCUT2D eigenvalue weighted by atomic mass is 16.5. The number of aromatic amines is 1. The molecule has 34 heavy (non-hydrogen) atoms. The number of nitrogens with zero attached hydrogens (tertiary/aromatic N) is 3. The van der Waals surface area contributed by atoms with Gasteiger partial charge >= 0.3 is 0 Å². The zero-order valence-corrected chi connectivity index (χ0v) is 19.5. The molecule has 7 heteroatoms. The molecule has 0 spiro atoms. The molecule has 1 fully saturated rings. The largest absolute Gasteiger partial charge is 0.495 e. The van der Waals surface area contributed by atoms with Crippen molar-refractivity contribution in [3.05, 3.63) is 72.3 Å². The number of para-hydroxylation sites is 1. The maximum absolute atomic E-state index is 13.9. The van der Waals surface area contributed by atoms with E-state index in [9.17, 15) is 4.79 Å². The summed E-state index contributed by atoms with van der Waals surface area (Å²) in [5, 5.41) is 1.12. The minimum absolute atomic E-state index is 0.0814. The molecule has 1 aliphatic rings. The van der Waals surface area contributed by atoms with Crippen LogP contribution < -0.4 is 9.47 Å². The number of carbonyl (C=O) groups excluding carboxylic acids is 1. The van der Waals surface area contributed by atoms with Gasteiger partial charge in [0.25, 0.3) is 5.91 Å². The number of H-pyrrole nitrogens is 1. The minimum Gasteiger partial charge on any atom is -0.495 e. The molecular weight excluding hydrogens is 428 g/mol. The van der Waals surface area contributed by atoms with Crippen LogP contribution in [-0.2, 0) is 6.42 Å². The Balaban J connectivity index is 1.45. The van der Waals surface area contributed by atoms with Crippen molar-refractivity contribution in [1.29, 1.82) is 0 Å². The Bertz CT molecular complexity index is 1300. The minimum atomic E-state index is -0.0814. The number of pyridine rings is 2. The van der Waals surface area contributed by atoms with Crippen LogP contribution in [0.25, 0.3) is 22.0 Å². The smallest absolute Gasteiger partial charge is 0.273 e. The maximum Gasteiger partial charge on any atom is 0.273 e. The molecule has 1 amide bonds. The predicted molar refractivity (Wildman–Crippen MR) is 131 cm³/mol. The number of nitrogens with one attached hydrogen (secondary N) is 1. The van der Waals surface area contributed by atoms with Gasteiger partial charge in [-0.25, -0.2) is 4.98 Å². The Hall–Kier alpha value is -3.87. The molecule has 1 aliphatic carbocycles. The van der Waals surface area contributed by atoms with E-state index in [-0.39, 0.29) is 5.91 Å². The van der Waals surface area contributed by atoms with Crippen LogP contribution in [0.3, 0.4) is 0 Å². The highest BCUT2D eigenvalue weighted by Gasteiger charge is 2.29. The fraction of sp³-hybridized carbons (Fsp3) is 0.296. The van der Waals surface area contributed by atoms with E-state index in [0.717, 1.165) is 59.2 Å². The number of methoxy groups -OCH3 is 2. The summed E-state index contributed by atoms with van der Waals surface area (Å²) >= 11 is 0. The molecule has 7 nitrogen and oxygen atoms in total. The van der Waals surface area contributed by atoms with Crippen molar-refractivity contribution in [2.45, 2.75) is 19.3 Å². The van der Waals surface area contributed by atoms with Gasteiger partial charge in [-0.1, -0.05) is 18.2 Å². The van der Waals surface area contributed by atoms with E-state index in [4.69, 9.17) is 9.47 Å². The molecule has 3 heterocycles. The number of amides is 1. The number of hydrogen-bond acceptors (Lipinski definition) is 5. The molecule has 0 saturated heterocycles. The predicted octanol–water partition coefficient (Wildman–Crippen LogP) is 4.74. The summed E-state index contributed by atoms with van der Waals surface area (Å²) in [5.74, 6) is 1.71. The zero-order valence-electron chi connectivity index (χ0n) is 19.5. The molecule has 3 aromatic heterocycles. The van der Waals surface area contributed by atoms with Gasteiger partial charge < -0.3 is 19.4 Å². The van der Waals surface area contributed by atoms with E-state index in [1.54, 1.807) is 32.7 Å². The van der Waals surface area contributed by atoms with Crippen LogP contribution in [0.1, 0.15) is 28.9 Å². The molecule has 0 atom stereocenters. The highest BCUT2D eigenvalue weighted by Crippen LogP contribution is 2.32. The molecule has 1 N–H and O–H groups in total. The second-order valence-electron chi connectivity index (χ2n) is 8.63. The van der Waals surface area contributed by atoms with Crippen molar-refractivity contribution in [3.63, 3.8) is 0 Å². The van der Waals surface area contributed by atoms with Gasteiger partial charge in [0.15, 0.2) is 0 Å². The molecule has 5 rings (SSSR count). The summed E-state index contributed by atoms with van der Waals surface area (Å²) in [5.41, 5.74) is 4.16. The SMILES string of the molecule is COc1ccc(-c2cccnc2)c(C(=O)N(CCc2c[nH]c3c(OC)cccc23)CC2CC2)n1. The van der Waals surface area contributed by atoms with Gasteiger partial charge in [-0.15, -0.1) is 0 Å². The fourth-order valence-electron chi connectivity index (χ4n) is 4.33. The monoisotopic (exact) mass is 456 g/mol. The molecule has 0 radical (unpaired) electrons. The van der Waals surface area contributed by atoms with Crippen LogP contribution in [0.5, 0.6) is 11.6 Å². The van der Waals surface area contributed by atoms with Crippen LogP contribution in [0.4, 0.5) is 0 Å². The Morgan fingerprint density at radius 2 is 2.00 bits per heavy atom. The van der Waals surface area contributed by atoms with Crippen molar-refractivity contribution in [2.75, 3.05) is 27.3 Å². The Morgan fingerprint density at radius 3 is 2.74 bits per heavy atom. The molecule has 0 unspecified atom stereocenters. The Labute approximate surface area is 198 Å². The maximum atomic E-state index is 13.9. The lowest BCUT2D eigenvalue weighted by molar-refractivity contribution is 0.0743. The van der Waals surface area contributed by atoms with E-state index in [1.807, 2.05) is 41.4 Å². The van der Waals surface area contributed by atoms with Gasteiger partial charge in [-0.2, -0.15) is 0 Å². The van der Waals surface area contributed by atoms with Gasteiger partial charge in [-0.3, -0.25) is 9.78 Å². The molecule has 4 aromatic rings. The van der Waals surface area contributed by atoms with Crippen molar-refractivity contribution in [2.24, 2.45) is 5.92 Å².